The van der Waals surface area contributed by atoms with Crippen LogP contribution >= 0.6 is 0 Å². The molecule has 3 rings (SSSR count). The van der Waals surface area contributed by atoms with E-state index in [-0.39, 0.29) is 0 Å². The lowest BCUT2D eigenvalue weighted by Gasteiger charge is -2.09. The minimum absolute atomic E-state index is 0.551. The predicted molar refractivity (Wildman–Crippen MR) is 50.0 cm³/mol. The Morgan fingerprint density at radius 3 is 3.00 bits per heavy atom. The number of hydrogen-bond donors (Lipinski definition) is 0. The van der Waals surface area contributed by atoms with Gasteiger partial charge in [0.2, 0.25) is 5.88 Å². The minimum atomic E-state index is 0.551. The van der Waals surface area contributed by atoms with Gasteiger partial charge >= 0.3 is 0 Å². The van der Waals surface area contributed by atoms with Crippen LogP contribution in [0.1, 0.15) is 29.5 Å². The van der Waals surface area contributed by atoms with Gasteiger partial charge in [-0.3, -0.25) is 0 Å². The highest BCUT2D eigenvalue weighted by molar-refractivity contribution is 5.45. The summed E-state index contributed by atoms with van der Waals surface area (Å²) in [6, 6.07) is 4.10. The highest BCUT2D eigenvalue weighted by atomic mass is 16.5. The van der Waals surface area contributed by atoms with Gasteiger partial charge in [0.25, 0.3) is 0 Å². The molecule has 0 N–H and O–H groups in total. The van der Waals surface area contributed by atoms with Crippen molar-refractivity contribution in [3.8, 4) is 5.88 Å². The SMILES string of the molecule is COc1ccc2c(n1)C1C=CC2C1. The van der Waals surface area contributed by atoms with Gasteiger partial charge in [0.05, 0.1) is 12.8 Å². The van der Waals surface area contributed by atoms with Crippen LogP contribution in [0.15, 0.2) is 24.3 Å². The van der Waals surface area contributed by atoms with Gasteiger partial charge in [0, 0.05) is 17.9 Å². The van der Waals surface area contributed by atoms with Crippen LogP contribution in [-0.4, -0.2) is 12.1 Å². The third kappa shape index (κ3) is 0.857. The van der Waals surface area contributed by atoms with Crippen LogP contribution in [0.2, 0.25) is 0 Å². The largest absolute Gasteiger partial charge is 0.481 e. The van der Waals surface area contributed by atoms with Crippen molar-refractivity contribution in [2.45, 2.75) is 18.3 Å². The Kier molecular flexibility index (Phi) is 1.29. The summed E-state index contributed by atoms with van der Waals surface area (Å²) in [4.78, 5) is 4.48. The van der Waals surface area contributed by atoms with Crippen molar-refractivity contribution >= 4 is 0 Å². The molecule has 0 radical (unpaired) electrons. The van der Waals surface area contributed by atoms with Crippen LogP contribution in [0.25, 0.3) is 0 Å². The summed E-state index contributed by atoms with van der Waals surface area (Å²) in [5, 5.41) is 0. The summed E-state index contributed by atoms with van der Waals surface area (Å²) < 4.78 is 5.11. The van der Waals surface area contributed by atoms with Gasteiger partial charge < -0.3 is 4.74 Å². The van der Waals surface area contributed by atoms with E-state index in [4.69, 9.17) is 4.74 Å². The fraction of sp³-hybridized carbons (Fsp3) is 0.364. The normalized spacial score (nSPS) is 27.8. The zero-order valence-electron chi connectivity index (χ0n) is 7.53. The molecule has 0 spiro atoms. The molecule has 1 aromatic heterocycles. The smallest absolute Gasteiger partial charge is 0.213 e. The van der Waals surface area contributed by atoms with Crippen molar-refractivity contribution in [3.63, 3.8) is 0 Å². The molecule has 0 fully saturated rings. The Bertz CT molecular complexity index is 384. The van der Waals surface area contributed by atoms with Gasteiger partial charge in [0.15, 0.2) is 0 Å². The summed E-state index contributed by atoms with van der Waals surface area (Å²) in [6.07, 6.45) is 5.77. The molecule has 2 heteroatoms. The number of rotatable bonds is 1. The van der Waals surface area contributed by atoms with Crippen LogP contribution in [-0.2, 0) is 0 Å². The predicted octanol–water partition coefficient (Wildman–Crippen LogP) is 2.23. The first-order valence-corrected chi connectivity index (χ1v) is 4.61. The van der Waals surface area contributed by atoms with E-state index in [0.29, 0.717) is 11.8 Å². The van der Waals surface area contributed by atoms with E-state index >= 15 is 0 Å². The molecule has 1 heterocycles. The van der Waals surface area contributed by atoms with Crippen molar-refractivity contribution < 1.29 is 4.74 Å². The summed E-state index contributed by atoms with van der Waals surface area (Å²) in [5.41, 5.74) is 2.63. The van der Waals surface area contributed by atoms with Gasteiger partial charge in [-0.2, -0.15) is 0 Å². The average molecular weight is 173 g/mol. The number of pyridine rings is 1. The molecule has 2 aliphatic rings. The van der Waals surface area contributed by atoms with Gasteiger partial charge in [-0.15, -0.1) is 0 Å². The Morgan fingerprint density at radius 2 is 2.15 bits per heavy atom. The number of hydrogen-bond acceptors (Lipinski definition) is 2. The van der Waals surface area contributed by atoms with Crippen LogP contribution in [0.4, 0.5) is 0 Å². The third-order valence-electron chi connectivity index (χ3n) is 2.98. The molecular formula is C11H11NO. The second-order valence-electron chi connectivity index (χ2n) is 3.66. The molecule has 66 valence electrons. The summed E-state index contributed by atoms with van der Waals surface area (Å²) in [5.74, 6) is 1.91. The Hall–Kier alpha value is -1.31. The van der Waals surface area contributed by atoms with Crippen LogP contribution < -0.4 is 4.74 Å². The fourth-order valence-electron chi connectivity index (χ4n) is 2.32. The molecule has 0 amide bonds. The second kappa shape index (κ2) is 2.34. The molecule has 0 aliphatic heterocycles. The first kappa shape index (κ1) is 7.13. The Morgan fingerprint density at radius 1 is 1.31 bits per heavy atom. The number of allylic oxidation sites excluding steroid dienone is 2. The molecule has 13 heavy (non-hydrogen) atoms. The van der Waals surface area contributed by atoms with E-state index in [0.717, 1.165) is 5.88 Å². The van der Waals surface area contributed by atoms with E-state index in [1.165, 1.54) is 17.7 Å². The van der Waals surface area contributed by atoms with Crippen LogP contribution in [0.5, 0.6) is 5.88 Å². The lowest BCUT2D eigenvalue weighted by atomic mass is 10.0. The summed E-state index contributed by atoms with van der Waals surface area (Å²) in [6.45, 7) is 0. The highest BCUT2D eigenvalue weighted by Gasteiger charge is 2.33. The molecule has 2 atom stereocenters. The Balaban J connectivity index is 2.14. The number of nitrogens with zero attached hydrogens (tertiary/aromatic N) is 1. The summed E-state index contributed by atoms with van der Waals surface area (Å²) >= 11 is 0. The first-order valence-electron chi connectivity index (χ1n) is 4.61. The van der Waals surface area contributed by atoms with E-state index < -0.39 is 0 Å². The highest BCUT2D eigenvalue weighted by Crippen LogP contribution is 2.47. The molecular weight excluding hydrogens is 162 g/mol. The van der Waals surface area contributed by atoms with E-state index in [1.807, 2.05) is 6.07 Å². The van der Waals surface area contributed by atoms with Gasteiger partial charge in [-0.25, -0.2) is 4.98 Å². The summed E-state index contributed by atoms with van der Waals surface area (Å²) in [7, 11) is 1.66. The molecule has 0 saturated carbocycles. The van der Waals surface area contributed by atoms with Crippen molar-refractivity contribution in [1.82, 2.24) is 4.98 Å². The zero-order chi connectivity index (χ0) is 8.84. The number of aromatic nitrogens is 1. The maximum Gasteiger partial charge on any atom is 0.213 e. The average Bonchev–Trinajstić information content (AvgIpc) is 2.77. The molecule has 1 aromatic rings. The fourth-order valence-corrected chi connectivity index (χ4v) is 2.32. The van der Waals surface area contributed by atoms with Crippen molar-refractivity contribution in [2.24, 2.45) is 0 Å². The maximum atomic E-state index is 5.11. The second-order valence-corrected chi connectivity index (χ2v) is 3.66. The molecule has 2 nitrogen and oxygen atoms in total. The van der Waals surface area contributed by atoms with E-state index in [9.17, 15) is 0 Å². The monoisotopic (exact) mass is 173 g/mol. The number of fused-ring (bicyclic) bond motifs is 5. The van der Waals surface area contributed by atoms with Gasteiger partial charge in [0.1, 0.15) is 0 Å². The van der Waals surface area contributed by atoms with E-state index in [2.05, 4.69) is 23.2 Å². The Labute approximate surface area is 77.3 Å². The topological polar surface area (TPSA) is 22.1 Å². The number of methoxy groups -OCH3 is 1. The van der Waals surface area contributed by atoms with Crippen LogP contribution in [0.3, 0.4) is 0 Å². The minimum Gasteiger partial charge on any atom is -0.481 e. The molecule has 2 bridgehead atoms. The molecule has 0 saturated heterocycles. The lowest BCUT2D eigenvalue weighted by molar-refractivity contribution is 0.396. The standard InChI is InChI=1S/C11H11NO/c1-13-10-5-4-9-7-2-3-8(6-7)11(9)12-10/h2-5,7-8H,6H2,1H3. The molecule has 2 aliphatic carbocycles. The van der Waals surface area contributed by atoms with Gasteiger partial charge in [-0.05, 0) is 12.0 Å². The van der Waals surface area contributed by atoms with Crippen molar-refractivity contribution in [2.75, 3.05) is 7.11 Å². The maximum absolute atomic E-state index is 5.11. The van der Waals surface area contributed by atoms with Crippen LogP contribution in [0, 0.1) is 0 Å². The van der Waals surface area contributed by atoms with Gasteiger partial charge in [-0.1, -0.05) is 18.2 Å². The number of ether oxygens (including phenoxy) is 1. The quantitative estimate of drug-likeness (QED) is 0.607. The third-order valence-corrected chi connectivity index (χ3v) is 2.98. The zero-order valence-corrected chi connectivity index (χ0v) is 7.53. The van der Waals surface area contributed by atoms with Crippen molar-refractivity contribution in [3.05, 3.63) is 35.5 Å². The molecule has 0 aromatic carbocycles. The lowest BCUT2D eigenvalue weighted by Crippen LogP contribution is -1.98. The first-order chi connectivity index (χ1) is 6.38. The van der Waals surface area contributed by atoms with E-state index in [1.54, 1.807) is 7.11 Å². The molecule has 2 unspecified atom stereocenters. The van der Waals surface area contributed by atoms with Crippen molar-refractivity contribution in [1.29, 1.82) is 0 Å².